The van der Waals surface area contributed by atoms with Crippen LogP contribution in [0.5, 0.6) is 0 Å². The molecule has 0 saturated heterocycles. The van der Waals surface area contributed by atoms with Crippen LogP contribution in [0, 0.1) is 6.57 Å². The first-order chi connectivity index (χ1) is 15.9. The molecule has 0 aliphatic heterocycles. The maximum absolute atomic E-state index is 14.3. The molecular weight excluding hydrogens is 440 g/mol. The van der Waals surface area contributed by atoms with Gasteiger partial charge in [-0.3, -0.25) is 0 Å². The predicted octanol–water partition coefficient (Wildman–Crippen LogP) is 6.06. The summed E-state index contributed by atoms with van der Waals surface area (Å²) in [6.07, 6.45) is -4.62. The Morgan fingerprint density at radius 2 is 1.12 bits per heavy atom. The van der Waals surface area contributed by atoms with E-state index < -0.39 is 24.7 Å². The van der Waals surface area contributed by atoms with Crippen LogP contribution in [0.2, 0.25) is 0 Å². The van der Waals surface area contributed by atoms with Gasteiger partial charge in [-0.15, -0.1) is 0 Å². The van der Waals surface area contributed by atoms with Crippen molar-refractivity contribution in [2.75, 3.05) is 5.73 Å². The summed E-state index contributed by atoms with van der Waals surface area (Å²) in [5, 5.41) is 2.93. The van der Waals surface area contributed by atoms with Crippen LogP contribution in [0.15, 0.2) is 103 Å². The van der Waals surface area contributed by atoms with Gasteiger partial charge in [0.15, 0.2) is 0 Å². The molecule has 0 unspecified atom stereocenters. The molecule has 0 heterocycles. The van der Waals surface area contributed by atoms with Gasteiger partial charge >= 0.3 is 191 Å². The Hall–Kier alpha value is -3.61. The predicted molar refractivity (Wildman–Crippen MR) is 132 cm³/mol. The van der Waals surface area contributed by atoms with E-state index in [-0.39, 0.29) is 17.4 Å². The van der Waals surface area contributed by atoms with Crippen molar-refractivity contribution >= 4 is 34.6 Å². The molecule has 0 atom stereocenters. The summed E-state index contributed by atoms with van der Waals surface area (Å²) in [5.41, 5.74) is 4.88. The number of hydrogen-bond donors (Lipinski definition) is 1. The maximum atomic E-state index is 14.3. The first-order valence-electron chi connectivity index (χ1n) is 10.4. The zero-order valence-electron chi connectivity index (χ0n) is 17.7. The van der Waals surface area contributed by atoms with E-state index in [2.05, 4.69) is 4.85 Å². The Morgan fingerprint density at radius 1 is 0.697 bits per heavy atom. The van der Waals surface area contributed by atoms with Crippen LogP contribution in [-0.2, 0) is 12.3 Å². The molecular formula is C27H22F3N2P. The van der Waals surface area contributed by atoms with Crippen molar-refractivity contribution in [3.63, 3.8) is 0 Å². The van der Waals surface area contributed by atoms with Crippen molar-refractivity contribution < 1.29 is 13.2 Å². The van der Waals surface area contributed by atoms with E-state index in [0.717, 1.165) is 22.0 Å². The van der Waals surface area contributed by atoms with E-state index in [1.165, 1.54) is 6.07 Å². The fraction of sp³-hybridized carbons (Fsp3) is 0.0741. The van der Waals surface area contributed by atoms with E-state index in [0.29, 0.717) is 0 Å². The van der Waals surface area contributed by atoms with Gasteiger partial charge in [0, 0.05) is 0 Å². The zero-order valence-corrected chi connectivity index (χ0v) is 18.7. The van der Waals surface area contributed by atoms with Crippen molar-refractivity contribution in [3.8, 4) is 0 Å². The Labute approximate surface area is 191 Å². The van der Waals surface area contributed by atoms with Crippen molar-refractivity contribution in [3.05, 3.63) is 126 Å². The summed E-state index contributed by atoms with van der Waals surface area (Å²) >= 11 is 0. The van der Waals surface area contributed by atoms with Gasteiger partial charge in [-0.25, -0.2) is 0 Å². The number of hydrogen-bond acceptors (Lipinski definition) is 1. The number of anilines is 1. The first kappa shape index (κ1) is 22.6. The van der Waals surface area contributed by atoms with Gasteiger partial charge in [-0.1, -0.05) is 0 Å². The Morgan fingerprint density at radius 3 is 1.48 bits per heavy atom. The summed E-state index contributed by atoms with van der Waals surface area (Å²) in [4.78, 5) is 3.18. The molecule has 4 aromatic rings. The molecule has 33 heavy (non-hydrogen) atoms. The van der Waals surface area contributed by atoms with Crippen molar-refractivity contribution in [2.24, 2.45) is 0 Å². The van der Waals surface area contributed by atoms with E-state index in [4.69, 9.17) is 12.3 Å². The average molecular weight is 462 g/mol. The molecule has 0 aliphatic rings. The first-order valence-corrected chi connectivity index (χ1v) is 12.6. The second-order valence-electron chi connectivity index (χ2n) is 7.82. The quantitative estimate of drug-likeness (QED) is 0.218. The van der Waals surface area contributed by atoms with Crippen LogP contribution < -0.4 is 21.6 Å². The third-order valence-electron chi connectivity index (χ3n) is 5.97. The third kappa shape index (κ3) is 4.23. The minimum atomic E-state index is -4.70. The molecule has 0 spiro atoms. The average Bonchev–Trinajstić information content (AvgIpc) is 2.84. The van der Waals surface area contributed by atoms with Gasteiger partial charge in [0.1, 0.15) is 0 Å². The monoisotopic (exact) mass is 462 g/mol. The Balaban J connectivity index is 2.10. The molecule has 0 aromatic heterocycles. The molecule has 4 rings (SSSR count). The number of benzene rings is 4. The second kappa shape index (κ2) is 9.10. The number of rotatable bonds is 5. The molecule has 0 bridgehead atoms. The van der Waals surface area contributed by atoms with Crippen molar-refractivity contribution in [1.82, 2.24) is 0 Å². The minimum absolute atomic E-state index is 0.0146. The van der Waals surface area contributed by atoms with Crippen LogP contribution in [0.4, 0.5) is 24.5 Å². The number of nitrogens with two attached hydrogens (primary N) is 1. The molecule has 0 amide bonds. The van der Waals surface area contributed by atoms with E-state index in [1.54, 1.807) is 0 Å². The van der Waals surface area contributed by atoms with E-state index in [9.17, 15) is 13.2 Å². The number of alkyl halides is 3. The molecule has 4 aromatic carbocycles. The second-order valence-corrected chi connectivity index (χ2v) is 11.7. The molecule has 2 N–H and O–H groups in total. The Kier molecular flexibility index (Phi) is 6.22. The van der Waals surface area contributed by atoms with Gasteiger partial charge in [0.2, 0.25) is 0 Å². The van der Waals surface area contributed by atoms with Crippen LogP contribution in [0.1, 0.15) is 11.1 Å². The van der Waals surface area contributed by atoms with Crippen molar-refractivity contribution in [2.45, 2.75) is 12.3 Å². The third-order valence-corrected chi connectivity index (χ3v) is 10.8. The van der Waals surface area contributed by atoms with E-state index >= 15 is 0 Å². The number of halogens is 3. The molecule has 166 valence electrons. The summed E-state index contributed by atoms with van der Waals surface area (Å²) in [7, 11) is -3.02. The normalized spacial score (nSPS) is 12.2. The molecule has 0 saturated carbocycles. The van der Waals surface area contributed by atoms with Gasteiger partial charge in [0.05, 0.1) is 0 Å². The zero-order chi connectivity index (χ0) is 23.5. The summed E-state index contributed by atoms with van der Waals surface area (Å²) in [6.45, 7) is 7.35. The van der Waals surface area contributed by atoms with Crippen LogP contribution in [-0.4, -0.2) is 0 Å². The SMILES string of the molecule is [C-]#[N+]c1ccc(N)c(C[PH](c2ccccc2)(c2ccccc2)c2ccccc2)c1C(F)(F)F. The summed E-state index contributed by atoms with van der Waals surface area (Å²) in [6, 6.07) is 31.6. The summed E-state index contributed by atoms with van der Waals surface area (Å²) in [5.74, 6) is 0. The van der Waals surface area contributed by atoms with Gasteiger partial charge in [-0.2, -0.15) is 0 Å². The summed E-state index contributed by atoms with van der Waals surface area (Å²) < 4.78 is 42.8. The standard InChI is InChI=1S/C27H22F3N2P/c1-32-25-18-17-24(31)23(26(25)27(28,29)30)19-33(20-11-5-2-6-12-20,21-13-7-3-8-14-21)22-15-9-4-10-16-22/h2-18,33H,19,31H2. The number of nitrogen functional groups attached to an aromatic ring is 1. The topological polar surface area (TPSA) is 30.4 Å². The Bertz CT molecular complexity index is 1190. The molecule has 2 nitrogen and oxygen atoms in total. The van der Waals surface area contributed by atoms with Crippen LogP contribution in [0.3, 0.4) is 0 Å². The fourth-order valence-corrected chi connectivity index (χ4v) is 9.30. The van der Waals surface area contributed by atoms with Gasteiger partial charge in [-0.05, 0) is 0 Å². The van der Waals surface area contributed by atoms with E-state index in [1.807, 2.05) is 91.0 Å². The van der Waals surface area contributed by atoms with Crippen molar-refractivity contribution in [1.29, 1.82) is 0 Å². The van der Waals surface area contributed by atoms with Crippen LogP contribution in [0.25, 0.3) is 4.85 Å². The van der Waals surface area contributed by atoms with Gasteiger partial charge < -0.3 is 0 Å². The number of nitrogens with zero attached hydrogens (tertiary/aromatic N) is 1. The van der Waals surface area contributed by atoms with Crippen LogP contribution >= 0.6 is 7.26 Å². The van der Waals surface area contributed by atoms with Gasteiger partial charge in [0.25, 0.3) is 0 Å². The molecule has 0 fully saturated rings. The molecule has 6 heteroatoms. The molecule has 0 radical (unpaired) electrons. The molecule has 0 aliphatic carbocycles. The fourth-order valence-electron chi connectivity index (χ4n) is 4.49.